The summed E-state index contributed by atoms with van der Waals surface area (Å²) < 4.78 is 1.51. The SMILES string of the molecule is CCc1ccc(C(c2sc3nc(C)nn3c2O)N2CCC(=O)CC2)cc1. The van der Waals surface area contributed by atoms with E-state index in [1.54, 1.807) is 0 Å². The molecule has 0 bridgehead atoms. The number of aromatic hydroxyl groups is 1. The summed E-state index contributed by atoms with van der Waals surface area (Å²) in [6, 6.07) is 8.43. The zero-order valence-electron chi connectivity index (χ0n) is 15.0. The maximum atomic E-state index is 11.7. The molecular formula is C19H22N4O2S. The molecule has 3 aromatic rings. The topological polar surface area (TPSA) is 70.7 Å². The predicted octanol–water partition coefficient (Wildman–Crippen LogP) is 3.12. The Bertz CT molecular complexity index is 935. The van der Waals surface area contributed by atoms with Crippen LogP contribution in [0, 0.1) is 6.92 Å². The molecule has 1 N–H and O–H groups in total. The van der Waals surface area contributed by atoms with Crippen LogP contribution in [-0.2, 0) is 11.2 Å². The molecule has 0 radical (unpaired) electrons. The molecule has 7 heteroatoms. The smallest absolute Gasteiger partial charge is 0.230 e. The number of hydrogen-bond donors (Lipinski definition) is 1. The zero-order valence-corrected chi connectivity index (χ0v) is 15.8. The molecule has 1 aliphatic rings. The van der Waals surface area contributed by atoms with Crippen LogP contribution in [0.15, 0.2) is 24.3 Å². The van der Waals surface area contributed by atoms with Crippen molar-refractivity contribution in [2.45, 2.75) is 39.2 Å². The van der Waals surface area contributed by atoms with Crippen molar-refractivity contribution in [3.63, 3.8) is 0 Å². The summed E-state index contributed by atoms with van der Waals surface area (Å²) in [5.74, 6) is 1.10. The second-order valence-electron chi connectivity index (χ2n) is 6.72. The van der Waals surface area contributed by atoms with Crippen molar-refractivity contribution in [1.82, 2.24) is 19.5 Å². The van der Waals surface area contributed by atoms with Crippen LogP contribution < -0.4 is 0 Å². The Morgan fingerprint density at radius 2 is 1.92 bits per heavy atom. The predicted molar refractivity (Wildman–Crippen MR) is 101 cm³/mol. The molecule has 1 aliphatic heterocycles. The van der Waals surface area contributed by atoms with E-state index in [4.69, 9.17) is 0 Å². The molecule has 26 heavy (non-hydrogen) atoms. The van der Waals surface area contributed by atoms with E-state index in [-0.39, 0.29) is 11.9 Å². The molecule has 6 nitrogen and oxygen atoms in total. The van der Waals surface area contributed by atoms with Gasteiger partial charge >= 0.3 is 0 Å². The number of thiazole rings is 1. The molecule has 3 heterocycles. The van der Waals surface area contributed by atoms with Crippen molar-refractivity contribution in [1.29, 1.82) is 0 Å². The summed E-state index contributed by atoms with van der Waals surface area (Å²) in [6.45, 7) is 5.35. The first kappa shape index (κ1) is 17.2. The fraction of sp³-hybridized carbons (Fsp3) is 0.421. The third-order valence-corrected chi connectivity index (χ3v) is 6.05. The summed E-state index contributed by atoms with van der Waals surface area (Å²) in [4.78, 5) is 19.9. The van der Waals surface area contributed by atoms with E-state index >= 15 is 0 Å². The molecule has 1 atom stereocenters. The Labute approximate surface area is 156 Å². The molecular weight excluding hydrogens is 348 g/mol. The van der Waals surface area contributed by atoms with Crippen molar-refractivity contribution < 1.29 is 9.90 Å². The van der Waals surface area contributed by atoms with Gasteiger partial charge < -0.3 is 5.11 Å². The molecule has 0 amide bonds. The number of carbonyl (C=O) groups excluding carboxylic acids is 1. The summed E-state index contributed by atoms with van der Waals surface area (Å²) in [6.07, 6.45) is 2.11. The first-order valence-corrected chi connectivity index (χ1v) is 9.78. The number of Topliss-reactive ketones (excluding diaryl/α,β-unsaturated/α-hetero) is 1. The molecule has 1 fully saturated rings. The third-order valence-electron chi connectivity index (χ3n) is 4.98. The van der Waals surface area contributed by atoms with E-state index in [0.29, 0.717) is 42.5 Å². The van der Waals surface area contributed by atoms with Gasteiger partial charge in [0, 0.05) is 25.9 Å². The number of aromatic nitrogens is 3. The van der Waals surface area contributed by atoms with Crippen molar-refractivity contribution in [2.75, 3.05) is 13.1 Å². The molecule has 0 saturated carbocycles. The number of ketones is 1. The molecule has 2 aromatic heterocycles. The lowest BCUT2D eigenvalue weighted by Crippen LogP contribution is -2.37. The number of aryl methyl sites for hydroxylation is 2. The average molecular weight is 370 g/mol. The molecule has 1 aromatic carbocycles. The van der Waals surface area contributed by atoms with Crippen molar-refractivity contribution >= 4 is 22.1 Å². The van der Waals surface area contributed by atoms with Crippen LogP contribution in [0.25, 0.3) is 4.96 Å². The van der Waals surface area contributed by atoms with E-state index < -0.39 is 0 Å². The van der Waals surface area contributed by atoms with Gasteiger partial charge in [-0.1, -0.05) is 42.5 Å². The van der Waals surface area contributed by atoms with Crippen LogP contribution in [0.3, 0.4) is 0 Å². The fourth-order valence-electron chi connectivity index (χ4n) is 3.52. The number of nitrogens with zero attached hydrogens (tertiary/aromatic N) is 4. The van der Waals surface area contributed by atoms with Gasteiger partial charge in [-0.3, -0.25) is 9.69 Å². The van der Waals surface area contributed by atoms with E-state index in [9.17, 15) is 9.90 Å². The second kappa shape index (κ2) is 6.81. The fourth-order valence-corrected chi connectivity index (χ4v) is 4.68. The van der Waals surface area contributed by atoms with Gasteiger partial charge in [0.15, 0.2) is 0 Å². The van der Waals surface area contributed by atoms with E-state index in [1.807, 2.05) is 6.92 Å². The first-order valence-electron chi connectivity index (χ1n) is 8.96. The maximum Gasteiger partial charge on any atom is 0.230 e. The molecule has 136 valence electrons. The number of likely N-dealkylation sites (tertiary alicyclic amines) is 1. The number of piperidine rings is 1. The molecule has 4 rings (SSSR count). The normalized spacial score (nSPS) is 17.1. The van der Waals surface area contributed by atoms with Crippen molar-refractivity contribution in [3.8, 4) is 5.88 Å². The quantitative estimate of drug-likeness (QED) is 0.764. The van der Waals surface area contributed by atoms with Gasteiger partial charge in [-0.2, -0.15) is 4.52 Å². The monoisotopic (exact) mass is 370 g/mol. The van der Waals surface area contributed by atoms with Crippen LogP contribution >= 0.6 is 11.3 Å². The van der Waals surface area contributed by atoms with Crippen molar-refractivity contribution in [3.05, 3.63) is 46.1 Å². The van der Waals surface area contributed by atoms with Gasteiger partial charge in [-0.15, -0.1) is 5.10 Å². The number of carbonyl (C=O) groups is 1. The highest BCUT2D eigenvalue weighted by atomic mass is 32.1. The zero-order chi connectivity index (χ0) is 18.3. The second-order valence-corrected chi connectivity index (χ2v) is 7.72. The average Bonchev–Trinajstić information content (AvgIpc) is 3.15. The largest absolute Gasteiger partial charge is 0.492 e. The minimum absolute atomic E-state index is 0.0946. The number of benzene rings is 1. The Morgan fingerprint density at radius 1 is 1.23 bits per heavy atom. The summed E-state index contributed by atoms with van der Waals surface area (Å²) >= 11 is 1.46. The standard InChI is InChI=1S/C19H22N4O2S/c1-3-13-4-6-14(7-5-13)16(22-10-8-15(24)9-11-22)17-18(25)23-19(26-17)20-12(2)21-23/h4-7,16,25H,3,8-11H2,1-2H3. The summed E-state index contributed by atoms with van der Waals surface area (Å²) in [5.41, 5.74) is 2.40. The highest BCUT2D eigenvalue weighted by Gasteiger charge is 2.31. The lowest BCUT2D eigenvalue weighted by molar-refractivity contribution is -0.121. The minimum Gasteiger partial charge on any atom is -0.492 e. The minimum atomic E-state index is -0.0946. The summed E-state index contributed by atoms with van der Waals surface area (Å²) in [7, 11) is 0. The number of fused-ring (bicyclic) bond motifs is 1. The van der Waals surface area contributed by atoms with Crippen molar-refractivity contribution in [2.24, 2.45) is 0 Å². The Kier molecular flexibility index (Phi) is 4.50. The Hall–Kier alpha value is -2.25. The highest BCUT2D eigenvalue weighted by Crippen LogP contribution is 2.40. The third kappa shape index (κ3) is 3.01. The van der Waals surface area contributed by atoms with Gasteiger partial charge in [0.05, 0.1) is 10.9 Å². The molecule has 0 aliphatic carbocycles. The van der Waals surface area contributed by atoms with E-state index in [2.05, 4.69) is 46.2 Å². The molecule has 1 unspecified atom stereocenters. The van der Waals surface area contributed by atoms with E-state index in [1.165, 1.54) is 21.4 Å². The maximum absolute atomic E-state index is 11.7. The van der Waals surface area contributed by atoms with Crippen LogP contribution in [0.5, 0.6) is 5.88 Å². The number of rotatable bonds is 4. The van der Waals surface area contributed by atoms with Gasteiger partial charge in [0.2, 0.25) is 10.8 Å². The molecule has 0 spiro atoms. The Morgan fingerprint density at radius 3 is 2.54 bits per heavy atom. The van der Waals surface area contributed by atoms with Gasteiger partial charge in [-0.25, -0.2) is 4.98 Å². The van der Waals surface area contributed by atoms with Crippen LogP contribution in [0.1, 0.15) is 47.6 Å². The molecule has 1 saturated heterocycles. The van der Waals surface area contributed by atoms with Gasteiger partial charge in [0.1, 0.15) is 11.6 Å². The van der Waals surface area contributed by atoms with Gasteiger partial charge in [-0.05, 0) is 24.5 Å². The van der Waals surface area contributed by atoms with E-state index in [0.717, 1.165) is 16.9 Å². The number of hydrogen-bond acceptors (Lipinski definition) is 6. The van der Waals surface area contributed by atoms with Gasteiger partial charge in [0.25, 0.3) is 0 Å². The summed E-state index contributed by atoms with van der Waals surface area (Å²) in [5, 5.41) is 15.1. The van der Waals surface area contributed by atoms with Crippen LogP contribution in [0.2, 0.25) is 0 Å². The Balaban J connectivity index is 1.79. The first-order chi connectivity index (χ1) is 12.6. The van der Waals surface area contributed by atoms with Crippen LogP contribution in [-0.4, -0.2) is 43.5 Å². The lowest BCUT2D eigenvalue weighted by Gasteiger charge is -2.33. The lowest BCUT2D eigenvalue weighted by atomic mass is 9.98. The van der Waals surface area contributed by atoms with Crippen LogP contribution in [0.4, 0.5) is 0 Å². The highest BCUT2D eigenvalue weighted by molar-refractivity contribution is 7.17.